The summed E-state index contributed by atoms with van der Waals surface area (Å²) in [5.41, 5.74) is 6.21. The van der Waals surface area contributed by atoms with E-state index in [9.17, 15) is 8.42 Å². The number of rotatable bonds is 5. The van der Waals surface area contributed by atoms with Gasteiger partial charge in [0.15, 0.2) is 0 Å². The first kappa shape index (κ1) is 16.9. The molecule has 1 atom stereocenters. The number of benzene rings is 1. The Morgan fingerprint density at radius 2 is 2.29 bits per heavy atom. The lowest BCUT2D eigenvalue weighted by atomic mass is 10.2. The van der Waals surface area contributed by atoms with Gasteiger partial charge in [0, 0.05) is 28.9 Å². The zero-order valence-electron chi connectivity index (χ0n) is 11.8. The highest BCUT2D eigenvalue weighted by Crippen LogP contribution is 2.32. The molecule has 1 heterocycles. The van der Waals surface area contributed by atoms with Gasteiger partial charge in [0.05, 0.1) is 7.11 Å². The standard InChI is InChI=1S/C13H19ClN2O3S2/c1-19-13-9(7-15)5-10(14)6-12(13)21(17,18)16-11-3-2-4-20-8-11/h5-6,11,16H,2-4,7-8,15H2,1H3. The van der Waals surface area contributed by atoms with Crippen molar-refractivity contribution in [2.75, 3.05) is 18.6 Å². The maximum absolute atomic E-state index is 12.6. The highest BCUT2D eigenvalue weighted by Gasteiger charge is 2.26. The third kappa shape index (κ3) is 4.04. The van der Waals surface area contributed by atoms with Crippen molar-refractivity contribution in [1.29, 1.82) is 0 Å². The zero-order valence-corrected chi connectivity index (χ0v) is 14.2. The number of sulfonamides is 1. The molecule has 0 saturated carbocycles. The van der Waals surface area contributed by atoms with Crippen LogP contribution in [0.4, 0.5) is 0 Å². The van der Waals surface area contributed by atoms with Gasteiger partial charge in [-0.25, -0.2) is 13.1 Å². The molecule has 2 rings (SSSR count). The second-order valence-electron chi connectivity index (χ2n) is 4.84. The van der Waals surface area contributed by atoms with E-state index in [1.54, 1.807) is 17.8 Å². The number of nitrogens with one attached hydrogen (secondary N) is 1. The molecule has 8 heteroatoms. The van der Waals surface area contributed by atoms with Crippen LogP contribution in [0.2, 0.25) is 5.02 Å². The molecule has 1 aliphatic heterocycles. The molecule has 0 aliphatic carbocycles. The SMILES string of the molecule is COc1c(CN)cc(Cl)cc1S(=O)(=O)NC1CCCSC1. The van der Waals surface area contributed by atoms with E-state index in [0.29, 0.717) is 10.6 Å². The average molecular weight is 351 g/mol. The monoisotopic (exact) mass is 350 g/mol. The Labute approximate surface area is 134 Å². The average Bonchev–Trinajstić information content (AvgIpc) is 2.46. The van der Waals surface area contributed by atoms with Crippen molar-refractivity contribution in [2.45, 2.75) is 30.3 Å². The Bertz CT molecular complexity index is 602. The number of nitrogens with two attached hydrogens (primary N) is 1. The third-order valence-corrected chi connectivity index (χ3v) is 6.25. The number of hydrogen-bond acceptors (Lipinski definition) is 5. The fraction of sp³-hybridized carbons (Fsp3) is 0.538. The number of hydrogen-bond donors (Lipinski definition) is 2. The van der Waals surface area contributed by atoms with E-state index in [1.807, 2.05) is 0 Å². The summed E-state index contributed by atoms with van der Waals surface area (Å²) in [7, 11) is -2.26. The van der Waals surface area contributed by atoms with Crippen LogP contribution >= 0.6 is 23.4 Å². The second-order valence-corrected chi connectivity index (χ2v) is 8.10. The Morgan fingerprint density at radius 3 is 2.86 bits per heavy atom. The first-order valence-corrected chi connectivity index (χ1v) is 9.66. The van der Waals surface area contributed by atoms with Crippen LogP contribution in [0.25, 0.3) is 0 Å². The van der Waals surface area contributed by atoms with Crippen LogP contribution in [0.5, 0.6) is 5.75 Å². The lowest BCUT2D eigenvalue weighted by Crippen LogP contribution is -2.38. The molecule has 0 radical (unpaired) electrons. The van der Waals surface area contributed by atoms with Gasteiger partial charge in [0.2, 0.25) is 10.0 Å². The maximum Gasteiger partial charge on any atom is 0.244 e. The summed E-state index contributed by atoms with van der Waals surface area (Å²) >= 11 is 7.75. The Balaban J connectivity index is 2.36. The minimum Gasteiger partial charge on any atom is -0.495 e. The molecule has 21 heavy (non-hydrogen) atoms. The maximum atomic E-state index is 12.6. The van der Waals surface area contributed by atoms with Crippen LogP contribution in [0.1, 0.15) is 18.4 Å². The molecule has 0 bridgehead atoms. The molecule has 3 N–H and O–H groups in total. The van der Waals surface area contributed by atoms with E-state index in [1.165, 1.54) is 13.2 Å². The summed E-state index contributed by atoms with van der Waals surface area (Å²) in [6.07, 6.45) is 1.86. The highest BCUT2D eigenvalue weighted by atomic mass is 35.5. The molecule has 1 fully saturated rings. The van der Waals surface area contributed by atoms with Crippen molar-refractivity contribution in [3.63, 3.8) is 0 Å². The van der Waals surface area contributed by atoms with Crippen LogP contribution in [0.15, 0.2) is 17.0 Å². The van der Waals surface area contributed by atoms with Crippen molar-refractivity contribution in [2.24, 2.45) is 5.73 Å². The Kier molecular flexibility index (Phi) is 5.79. The van der Waals surface area contributed by atoms with Gasteiger partial charge < -0.3 is 10.5 Å². The third-order valence-electron chi connectivity index (χ3n) is 3.29. The van der Waals surface area contributed by atoms with E-state index in [2.05, 4.69) is 4.72 Å². The predicted octanol–water partition coefficient (Wildman–Crippen LogP) is 1.98. The second kappa shape index (κ2) is 7.19. The van der Waals surface area contributed by atoms with Crippen LogP contribution in [0, 0.1) is 0 Å². The largest absolute Gasteiger partial charge is 0.495 e. The van der Waals surface area contributed by atoms with Gasteiger partial charge in [-0.1, -0.05) is 11.6 Å². The predicted molar refractivity (Wildman–Crippen MR) is 86.6 cm³/mol. The topological polar surface area (TPSA) is 81.4 Å². The fourth-order valence-corrected chi connectivity index (χ4v) is 5.31. The van der Waals surface area contributed by atoms with Gasteiger partial charge in [0.1, 0.15) is 10.6 Å². The minimum absolute atomic E-state index is 0.0496. The van der Waals surface area contributed by atoms with E-state index in [4.69, 9.17) is 22.1 Å². The van der Waals surface area contributed by atoms with Gasteiger partial charge in [-0.2, -0.15) is 11.8 Å². The Morgan fingerprint density at radius 1 is 1.52 bits per heavy atom. The van der Waals surface area contributed by atoms with Gasteiger partial charge >= 0.3 is 0 Å². The molecular weight excluding hydrogens is 332 g/mol. The van der Waals surface area contributed by atoms with E-state index in [0.717, 1.165) is 24.3 Å². The van der Waals surface area contributed by atoms with Crippen LogP contribution in [-0.2, 0) is 16.6 Å². The molecule has 0 amide bonds. The van der Waals surface area contributed by atoms with Crippen molar-refractivity contribution in [3.8, 4) is 5.75 Å². The first-order chi connectivity index (χ1) is 9.97. The van der Waals surface area contributed by atoms with Gasteiger partial charge in [-0.05, 0) is 30.7 Å². The minimum atomic E-state index is -3.69. The lowest BCUT2D eigenvalue weighted by Gasteiger charge is -2.23. The summed E-state index contributed by atoms with van der Waals surface area (Å²) in [5, 5.41) is 0.328. The molecule has 118 valence electrons. The summed E-state index contributed by atoms with van der Waals surface area (Å²) in [6, 6.07) is 2.96. The smallest absolute Gasteiger partial charge is 0.244 e. The van der Waals surface area contributed by atoms with Crippen molar-refractivity contribution < 1.29 is 13.2 Å². The van der Waals surface area contributed by atoms with E-state index >= 15 is 0 Å². The highest BCUT2D eigenvalue weighted by molar-refractivity contribution is 7.99. The number of halogens is 1. The molecule has 1 unspecified atom stereocenters. The summed E-state index contributed by atoms with van der Waals surface area (Å²) in [5.74, 6) is 2.12. The summed E-state index contributed by atoms with van der Waals surface area (Å²) < 4.78 is 33.2. The number of ether oxygens (including phenoxy) is 1. The van der Waals surface area contributed by atoms with Gasteiger partial charge in [-0.3, -0.25) is 0 Å². The quantitative estimate of drug-likeness (QED) is 0.848. The molecule has 1 aromatic rings. The summed E-state index contributed by atoms with van der Waals surface area (Å²) in [4.78, 5) is 0.0496. The molecular formula is C13H19ClN2O3S2. The molecule has 1 aliphatic rings. The normalized spacial score (nSPS) is 19.5. The van der Waals surface area contributed by atoms with E-state index in [-0.39, 0.29) is 23.2 Å². The van der Waals surface area contributed by atoms with Crippen LogP contribution in [0.3, 0.4) is 0 Å². The zero-order chi connectivity index (χ0) is 15.5. The van der Waals surface area contributed by atoms with Crippen molar-refractivity contribution in [1.82, 2.24) is 4.72 Å². The van der Waals surface area contributed by atoms with Crippen molar-refractivity contribution in [3.05, 3.63) is 22.7 Å². The molecule has 1 saturated heterocycles. The molecule has 0 spiro atoms. The van der Waals surface area contributed by atoms with Crippen molar-refractivity contribution >= 4 is 33.4 Å². The first-order valence-electron chi connectivity index (χ1n) is 6.64. The lowest BCUT2D eigenvalue weighted by molar-refractivity contribution is 0.397. The van der Waals surface area contributed by atoms with Gasteiger partial charge in [0.25, 0.3) is 0 Å². The molecule has 5 nitrogen and oxygen atoms in total. The molecule has 0 aromatic heterocycles. The Hall–Kier alpha value is -0.470. The van der Waals surface area contributed by atoms with E-state index < -0.39 is 10.0 Å². The summed E-state index contributed by atoms with van der Waals surface area (Å²) in [6.45, 7) is 0.158. The molecule has 1 aromatic carbocycles. The number of methoxy groups -OCH3 is 1. The van der Waals surface area contributed by atoms with Gasteiger partial charge in [-0.15, -0.1) is 0 Å². The number of thioether (sulfide) groups is 1. The van der Waals surface area contributed by atoms with Crippen LogP contribution < -0.4 is 15.2 Å². The fourth-order valence-electron chi connectivity index (χ4n) is 2.32. The van der Waals surface area contributed by atoms with Crippen LogP contribution in [-0.4, -0.2) is 33.1 Å².